The lowest BCUT2D eigenvalue weighted by molar-refractivity contribution is 1.55. The van der Waals surface area contributed by atoms with Gasteiger partial charge in [0.05, 0.1) is 0 Å². The number of benzene rings is 6. The van der Waals surface area contributed by atoms with Crippen molar-refractivity contribution in [1.29, 1.82) is 0 Å². The second-order valence-corrected chi connectivity index (χ2v) is 9.06. The van der Waals surface area contributed by atoms with Crippen molar-refractivity contribution in [3.8, 4) is 55.6 Å². The Balaban J connectivity index is 1.38. The SMILES string of the molecule is c1ccc(-c2cccc(-c3ccc(-c4cc(-c5ccccc5)cc(-c5ccccc5)c4)cc3)c2)cc1. The van der Waals surface area contributed by atoms with Crippen LogP contribution in [0.5, 0.6) is 0 Å². The summed E-state index contributed by atoms with van der Waals surface area (Å²) in [5, 5.41) is 0. The highest BCUT2D eigenvalue weighted by Crippen LogP contribution is 2.34. The highest BCUT2D eigenvalue weighted by atomic mass is 14.1. The van der Waals surface area contributed by atoms with Gasteiger partial charge in [0.25, 0.3) is 0 Å². The first-order valence-electron chi connectivity index (χ1n) is 12.4. The molecular formula is C36H26. The molecule has 0 aliphatic carbocycles. The molecule has 0 aromatic heterocycles. The minimum Gasteiger partial charge on any atom is -0.0622 e. The second-order valence-electron chi connectivity index (χ2n) is 9.06. The molecule has 0 fully saturated rings. The third-order valence-corrected chi connectivity index (χ3v) is 6.67. The predicted molar refractivity (Wildman–Crippen MR) is 154 cm³/mol. The largest absolute Gasteiger partial charge is 0.0622 e. The molecule has 0 spiro atoms. The Morgan fingerprint density at radius 1 is 0.167 bits per heavy atom. The topological polar surface area (TPSA) is 0 Å². The summed E-state index contributed by atoms with van der Waals surface area (Å²) in [6.45, 7) is 0. The average Bonchev–Trinajstić information content (AvgIpc) is 2.98. The summed E-state index contributed by atoms with van der Waals surface area (Å²) >= 11 is 0. The third kappa shape index (κ3) is 4.62. The Labute approximate surface area is 213 Å². The van der Waals surface area contributed by atoms with E-state index in [4.69, 9.17) is 0 Å². The van der Waals surface area contributed by atoms with Gasteiger partial charge in [-0.15, -0.1) is 0 Å². The Morgan fingerprint density at radius 3 is 0.806 bits per heavy atom. The summed E-state index contributed by atoms with van der Waals surface area (Å²) in [6, 6.07) is 56.4. The Morgan fingerprint density at radius 2 is 0.417 bits per heavy atom. The maximum Gasteiger partial charge on any atom is -0.0172 e. The molecular weight excluding hydrogens is 432 g/mol. The quantitative estimate of drug-likeness (QED) is 0.241. The molecule has 6 aromatic rings. The van der Waals surface area contributed by atoms with Gasteiger partial charge in [-0.2, -0.15) is 0 Å². The van der Waals surface area contributed by atoms with E-state index < -0.39 is 0 Å². The molecule has 0 atom stereocenters. The van der Waals surface area contributed by atoms with E-state index in [1.54, 1.807) is 0 Å². The lowest BCUT2D eigenvalue weighted by Gasteiger charge is -2.12. The molecule has 0 radical (unpaired) electrons. The molecule has 0 unspecified atom stereocenters. The molecule has 0 N–H and O–H groups in total. The van der Waals surface area contributed by atoms with E-state index in [-0.39, 0.29) is 0 Å². The van der Waals surface area contributed by atoms with Crippen molar-refractivity contribution in [2.45, 2.75) is 0 Å². The van der Waals surface area contributed by atoms with Crippen LogP contribution in [0.1, 0.15) is 0 Å². The van der Waals surface area contributed by atoms with Crippen molar-refractivity contribution in [1.82, 2.24) is 0 Å². The smallest absolute Gasteiger partial charge is 0.0172 e. The van der Waals surface area contributed by atoms with Gasteiger partial charge in [-0.3, -0.25) is 0 Å². The standard InChI is InChI=1S/C36H26/c1-4-11-27(12-5-1)32-17-10-18-33(23-32)30-19-21-31(22-20-30)36-25-34(28-13-6-2-7-14-28)24-35(26-36)29-15-8-3-9-16-29/h1-26H. The monoisotopic (exact) mass is 458 g/mol. The molecule has 0 aliphatic rings. The van der Waals surface area contributed by atoms with Gasteiger partial charge in [-0.25, -0.2) is 0 Å². The van der Waals surface area contributed by atoms with Crippen LogP contribution in [-0.4, -0.2) is 0 Å². The van der Waals surface area contributed by atoms with Crippen molar-refractivity contribution in [3.05, 3.63) is 158 Å². The lowest BCUT2D eigenvalue weighted by atomic mass is 9.92. The highest BCUT2D eigenvalue weighted by Gasteiger charge is 2.08. The second kappa shape index (κ2) is 9.90. The molecule has 36 heavy (non-hydrogen) atoms. The van der Waals surface area contributed by atoms with Gasteiger partial charge in [0.1, 0.15) is 0 Å². The summed E-state index contributed by atoms with van der Waals surface area (Å²) in [6.07, 6.45) is 0. The summed E-state index contributed by atoms with van der Waals surface area (Å²) in [5.41, 5.74) is 12.3. The number of rotatable bonds is 5. The van der Waals surface area contributed by atoms with E-state index in [0.29, 0.717) is 0 Å². The Bertz CT molecular complexity index is 1520. The fourth-order valence-electron chi connectivity index (χ4n) is 4.75. The maximum atomic E-state index is 2.30. The predicted octanol–water partition coefficient (Wildman–Crippen LogP) is 10.0. The molecule has 0 heterocycles. The maximum absolute atomic E-state index is 2.30. The minimum atomic E-state index is 1.22. The molecule has 0 heteroatoms. The van der Waals surface area contributed by atoms with Crippen LogP contribution >= 0.6 is 0 Å². The zero-order valence-electron chi connectivity index (χ0n) is 20.0. The zero-order chi connectivity index (χ0) is 24.2. The first kappa shape index (κ1) is 21.8. The molecule has 0 saturated heterocycles. The van der Waals surface area contributed by atoms with Gasteiger partial charge in [-0.1, -0.05) is 133 Å². The summed E-state index contributed by atoms with van der Waals surface area (Å²) in [5.74, 6) is 0. The first-order valence-corrected chi connectivity index (χ1v) is 12.4. The van der Waals surface area contributed by atoms with Crippen LogP contribution in [0, 0.1) is 0 Å². The van der Waals surface area contributed by atoms with Crippen molar-refractivity contribution in [3.63, 3.8) is 0 Å². The van der Waals surface area contributed by atoms with Gasteiger partial charge in [0.2, 0.25) is 0 Å². The molecule has 6 aromatic carbocycles. The van der Waals surface area contributed by atoms with Crippen LogP contribution in [0.2, 0.25) is 0 Å². The molecule has 0 bridgehead atoms. The van der Waals surface area contributed by atoms with Gasteiger partial charge >= 0.3 is 0 Å². The number of hydrogen-bond acceptors (Lipinski definition) is 0. The van der Waals surface area contributed by atoms with Gasteiger partial charge in [0, 0.05) is 0 Å². The van der Waals surface area contributed by atoms with Crippen LogP contribution in [0.25, 0.3) is 55.6 Å². The van der Waals surface area contributed by atoms with Crippen molar-refractivity contribution in [2.75, 3.05) is 0 Å². The van der Waals surface area contributed by atoms with E-state index >= 15 is 0 Å². The zero-order valence-corrected chi connectivity index (χ0v) is 20.0. The summed E-state index contributed by atoms with van der Waals surface area (Å²) in [7, 11) is 0. The normalized spacial score (nSPS) is 10.8. The molecule has 0 amide bonds. The summed E-state index contributed by atoms with van der Waals surface area (Å²) < 4.78 is 0. The van der Waals surface area contributed by atoms with Crippen LogP contribution in [0.3, 0.4) is 0 Å². The third-order valence-electron chi connectivity index (χ3n) is 6.67. The van der Waals surface area contributed by atoms with E-state index in [1.165, 1.54) is 55.6 Å². The minimum absolute atomic E-state index is 1.22. The molecule has 0 aliphatic heterocycles. The van der Waals surface area contributed by atoms with E-state index in [1.807, 2.05) is 0 Å². The van der Waals surface area contributed by atoms with Crippen LogP contribution in [0.15, 0.2) is 158 Å². The number of hydrogen-bond donors (Lipinski definition) is 0. The van der Waals surface area contributed by atoms with Gasteiger partial charge < -0.3 is 0 Å². The van der Waals surface area contributed by atoms with E-state index in [9.17, 15) is 0 Å². The van der Waals surface area contributed by atoms with Gasteiger partial charge in [-0.05, 0) is 79.9 Å². The average molecular weight is 459 g/mol. The fraction of sp³-hybridized carbons (Fsp3) is 0. The van der Waals surface area contributed by atoms with Gasteiger partial charge in [0.15, 0.2) is 0 Å². The lowest BCUT2D eigenvalue weighted by Crippen LogP contribution is -1.87. The van der Waals surface area contributed by atoms with Crippen LogP contribution in [0.4, 0.5) is 0 Å². The first-order chi connectivity index (χ1) is 17.8. The Hall–Kier alpha value is -4.68. The van der Waals surface area contributed by atoms with Crippen molar-refractivity contribution < 1.29 is 0 Å². The molecule has 6 rings (SSSR count). The van der Waals surface area contributed by atoms with E-state index in [2.05, 4.69) is 158 Å². The molecule has 0 nitrogen and oxygen atoms in total. The Kier molecular flexibility index (Phi) is 6.00. The van der Waals surface area contributed by atoms with Crippen LogP contribution in [-0.2, 0) is 0 Å². The van der Waals surface area contributed by atoms with E-state index in [0.717, 1.165) is 0 Å². The molecule has 0 saturated carbocycles. The van der Waals surface area contributed by atoms with Crippen molar-refractivity contribution >= 4 is 0 Å². The van der Waals surface area contributed by atoms with Crippen LogP contribution < -0.4 is 0 Å². The fourth-order valence-corrected chi connectivity index (χ4v) is 4.75. The highest BCUT2D eigenvalue weighted by molar-refractivity contribution is 5.82. The molecule has 170 valence electrons. The summed E-state index contributed by atoms with van der Waals surface area (Å²) in [4.78, 5) is 0. The van der Waals surface area contributed by atoms with Crippen molar-refractivity contribution in [2.24, 2.45) is 0 Å².